The molecule has 3 heterocycles. The van der Waals surface area contributed by atoms with Gasteiger partial charge >= 0.3 is 0 Å². The van der Waals surface area contributed by atoms with Crippen molar-refractivity contribution in [3.63, 3.8) is 0 Å². The van der Waals surface area contributed by atoms with Crippen LogP contribution in [0.4, 0.5) is 17.5 Å². The Labute approximate surface area is 194 Å². The third-order valence-corrected chi connectivity index (χ3v) is 6.01. The van der Waals surface area contributed by atoms with Crippen molar-refractivity contribution < 1.29 is 0 Å². The summed E-state index contributed by atoms with van der Waals surface area (Å²) < 4.78 is 0. The summed E-state index contributed by atoms with van der Waals surface area (Å²) in [5.74, 6) is 3.71. The van der Waals surface area contributed by atoms with Gasteiger partial charge in [-0.05, 0) is 42.9 Å². The van der Waals surface area contributed by atoms with Crippen LogP contribution in [0.5, 0.6) is 0 Å². The van der Waals surface area contributed by atoms with Crippen LogP contribution in [-0.4, -0.2) is 33.3 Å². The summed E-state index contributed by atoms with van der Waals surface area (Å²) in [6.07, 6.45) is 6.24. The van der Waals surface area contributed by atoms with Gasteiger partial charge in [0.2, 0.25) is 0 Å². The van der Waals surface area contributed by atoms with Crippen LogP contribution in [-0.2, 0) is 0 Å². The molecule has 6 heteroatoms. The second-order valence-electron chi connectivity index (χ2n) is 8.45. The Hall–Kier alpha value is -3.93. The number of nitrogens with one attached hydrogen (secondary N) is 2. The molecule has 0 unspecified atom stereocenters. The summed E-state index contributed by atoms with van der Waals surface area (Å²) in [6.45, 7) is 3.92. The molecule has 0 atom stereocenters. The molecular weight excluding hydrogens is 408 g/mol. The molecule has 5 rings (SSSR count). The number of anilines is 3. The molecule has 1 fully saturated rings. The highest BCUT2D eigenvalue weighted by atomic mass is 15.2. The fraction of sp³-hybridized carbons (Fsp3) is 0.222. The highest BCUT2D eigenvalue weighted by Crippen LogP contribution is 2.30. The average molecular weight is 437 g/mol. The molecule has 2 aromatic carbocycles. The summed E-state index contributed by atoms with van der Waals surface area (Å²) in [6, 6.07) is 25.0. The zero-order valence-electron chi connectivity index (χ0n) is 18.8. The maximum atomic E-state index is 4.88. The van der Waals surface area contributed by atoms with E-state index in [1.807, 2.05) is 49.4 Å². The van der Waals surface area contributed by atoms with Crippen molar-refractivity contribution in [1.82, 2.24) is 20.2 Å². The van der Waals surface area contributed by atoms with Gasteiger partial charge in [0, 0.05) is 30.9 Å². The predicted octanol–water partition coefficient (Wildman–Crippen LogP) is 5.81. The molecule has 0 radical (unpaired) electrons. The number of piperidine rings is 1. The number of benzene rings is 2. The second-order valence-corrected chi connectivity index (χ2v) is 8.45. The molecular formula is C27H28N6. The lowest BCUT2D eigenvalue weighted by Crippen LogP contribution is -2.33. The SMILES string of the molecule is Cc1cc(Nc2cc(N3CCC(c4ccccc4)CC3)nc(/C=C/c3ccccc3)n2)n[nH]1. The molecule has 0 bridgehead atoms. The van der Waals surface area contributed by atoms with Crippen LogP contribution in [0, 0.1) is 6.92 Å². The van der Waals surface area contributed by atoms with Crippen molar-refractivity contribution >= 4 is 29.6 Å². The molecule has 166 valence electrons. The molecule has 1 saturated heterocycles. The number of aryl methyl sites for hydroxylation is 1. The Morgan fingerprint density at radius 3 is 2.30 bits per heavy atom. The highest BCUT2D eigenvalue weighted by Gasteiger charge is 2.22. The minimum absolute atomic E-state index is 0.603. The standard InChI is InChI=1S/C27H28N6/c1-20-18-26(32-31-20)29-25-19-27(30-24(28-25)13-12-21-8-4-2-5-9-21)33-16-14-23(15-17-33)22-10-6-3-7-11-22/h2-13,18-19,23H,14-17H2,1H3,(H2,28,29,30,31,32)/b13-12+. The van der Waals surface area contributed by atoms with Gasteiger partial charge in [-0.3, -0.25) is 5.10 Å². The molecule has 2 N–H and O–H groups in total. The number of aromatic nitrogens is 4. The maximum absolute atomic E-state index is 4.88. The molecule has 6 nitrogen and oxygen atoms in total. The molecule has 1 aliphatic rings. The molecule has 2 aromatic heterocycles. The zero-order valence-corrected chi connectivity index (χ0v) is 18.8. The van der Waals surface area contributed by atoms with Gasteiger partial charge in [0.05, 0.1) is 0 Å². The topological polar surface area (TPSA) is 69.7 Å². The van der Waals surface area contributed by atoms with Gasteiger partial charge in [0.25, 0.3) is 0 Å². The van der Waals surface area contributed by atoms with Crippen molar-refractivity contribution in [2.45, 2.75) is 25.7 Å². The van der Waals surface area contributed by atoms with E-state index in [0.29, 0.717) is 11.7 Å². The first kappa shape index (κ1) is 20.9. The predicted molar refractivity (Wildman–Crippen MR) is 135 cm³/mol. The normalized spacial score (nSPS) is 14.6. The summed E-state index contributed by atoms with van der Waals surface area (Å²) >= 11 is 0. The van der Waals surface area contributed by atoms with E-state index in [4.69, 9.17) is 9.97 Å². The number of hydrogen-bond donors (Lipinski definition) is 2. The van der Waals surface area contributed by atoms with Crippen LogP contribution in [0.2, 0.25) is 0 Å². The van der Waals surface area contributed by atoms with E-state index in [1.165, 1.54) is 5.56 Å². The van der Waals surface area contributed by atoms with Gasteiger partial charge in [-0.25, -0.2) is 9.97 Å². The van der Waals surface area contributed by atoms with Crippen molar-refractivity contribution in [3.05, 3.63) is 95.4 Å². The molecule has 0 aliphatic carbocycles. The van der Waals surface area contributed by atoms with E-state index in [-0.39, 0.29) is 0 Å². The smallest absolute Gasteiger partial charge is 0.156 e. The average Bonchev–Trinajstić information content (AvgIpc) is 3.28. The summed E-state index contributed by atoms with van der Waals surface area (Å²) in [4.78, 5) is 12.0. The van der Waals surface area contributed by atoms with Crippen LogP contribution in [0.1, 0.15) is 41.4 Å². The van der Waals surface area contributed by atoms with E-state index in [0.717, 1.165) is 54.6 Å². The van der Waals surface area contributed by atoms with Crippen LogP contribution in [0.25, 0.3) is 12.2 Å². The molecule has 4 aromatic rings. The third kappa shape index (κ3) is 5.29. The lowest BCUT2D eigenvalue weighted by Gasteiger charge is -2.33. The fourth-order valence-corrected chi connectivity index (χ4v) is 4.27. The first-order chi connectivity index (χ1) is 16.2. The number of rotatable bonds is 6. The van der Waals surface area contributed by atoms with Crippen LogP contribution in [0.3, 0.4) is 0 Å². The van der Waals surface area contributed by atoms with E-state index in [2.05, 4.69) is 62.9 Å². The molecule has 0 spiro atoms. The minimum Gasteiger partial charge on any atom is -0.356 e. The van der Waals surface area contributed by atoms with Gasteiger partial charge in [-0.2, -0.15) is 5.10 Å². The van der Waals surface area contributed by atoms with Crippen LogP contribution < -0.4 is 10.2 Å². The first-order valence-electron chi connectivity index (χ1n) is 11.4. The largest absolute Gasteiger partial charge is 0.356 e. The van der Waals surface area contributed by atoms with Gasteiger partial charge in [0.1, 0.15) is 11.6 Å². The van der Waals surface area contributed by atoms with Gasteiger partial charge in [-0.1, -0.05) is 66.7 Å². The number of hydrogen-bond acceptors (Lipinski definition) is 5. The van der Waals surface area contributed by atoms with Crippen molar-refractivity contribution in [2.75, 3.05) is 23.3 Å². The van der Waals surface area contributed by atoms with Gasteiger partial charge < -0.3 is 10.2 Å². The quantitative estimate of drug-likeness (QED) is 0.399. The summed E-state index contributed by atoms with van der Waals surface area (Å²) in [5, 5.41) is 10.6. The Morgan fingerprint density at radius 1 is 0.879 bits per heavy atom. The fourth-order valence-electron chi connectivity index (χ4n) is 4.27. The Balaban J connectivity index is 1.38. The van der Waals surface area contributed by atoms with Crippen molar-refractivity contribution in [1.29, 1.82) is 0 Å². The molecule has 1 aliphatic heterocycles. The van der Waals surface area contributed by atoms with Crippen LogP contribution in [0.15, 0.2) is 72.8 Å². The van der Waals surface area contributed by atoms with E-state index in [1.54, 1.807) is 0 Å². The Kier molecular flexibility index (Phi) is 6.15. The monoisotopic (exact) mass is 436 g/mol. The zero-order chi connectivity index (χ0) is 22.5. The summed E-state index contributed by atoms with van der Waals surface area (Å²) in [5.41, 5.74) is 3.55. The number of H-pyrrole nitrogens is 1. The number of aromatic amines is 1. The lowest BCUT2D eigenvalue weighted by atomic mass is 9.89. The molecule has 0 amide bonds. The Bertz CT molecular complexity index is 1210. The first-order valence-corrected chi connectivity index (χ1v) is 11.4. The Morgan fingerprint density at radius 2 is 1.61 bits per heavy atom. The van der Waals surface area contributed by atoms with E-state index in [9.17, 15) is 0 Å². The van der Waals surface area contributed by atoms with Crippen molar-refractivity contribution in [2.24, 2.45) is 0 Å². The third-order valence-electron chi connectivity index (χ3n) is 6.01. The minimum atomic E-state index is 0.603. The van der Waals surface area contributed by atoms with E-state index < -0.39 is 0 Å². The molecule has 0 saturated carbocycles. The highest BCUT2D eigenvalue weighted by molar-refractivity contribution is 5.69. The lowest BCUT2D eigenvalue weighted by molar-refractivity contribution is 0.502. The number of nitrogens with zero attached hydrogens (tertiary/aromatic N) is 4. The van der Waals surface area contributed by atoms with Crippen LogP contribution >= 0.6 is 0 Å². The summed E-state index contributed by atoms with van der Waals surface area (Å²) in [7, 11) is 0. The van der Waals surface area contributed by atoms with Gasteiger partial charge in [-0.15, -0.1) is 0 Å². The van der Waals surface area contributed by atoms with E-state index >= 15 is 0 Å². The molecule has 33 heavy (non-hydrogen) atoms. The van der Waals surface area contributed by atoms with Gasteiger partial charge in [0.15, 0.2) is 11.6 Å². The van der Waals surface area contributed by atoms with Crippen molar-refractivity contribution in [3.8, 4) is 0 Å². The maximum Gasteiger partial charge on any atom is 0.156 e. The second kappa shape index (κ2) is 9.69.